The van der Waals surface area contributed by atoms with E-state index in [0.29, 0.717) is 0 Å². The first-order valence-electron chi connectivity index (χ1n) is 4.50. The van der Waals surface area contributed by atoms with Crippen molar-refractivity contribution < 1.29 is 14.6 Å². The summed E-state index contributed by atoms with van der Waals surface area (Å²) in [6.07, 6.45) is 2.40. The molecule has 1 aromatic rings. The highest BCUT2D eigenvalue weighted by atomic mass is 16.5. The molecule has 84 valence electrons. The SMILES string of the molecule is COCC(O)CNC(=O)Cn1ccnn1. The van der Waals surface area contributed by atoms with Crippen molar-refractivity contribution in [2.45, 2.75) is 12.6 Å². The Hall–Kier alpha value is -1.47. The Morgan fingerprint density at radius 2 is 2.53 bits per heavy atom. The Balaban J connectivity index is 2.19. The zero-order valence-electron chi connectivity index (χ0n) is 8.46. The second-order valence-corrected chi connectivity index (χ2v) is 3.01. The molecule has 0 aliphatic rings. The number of hydrogen-bond donors (Lipinski definition) is 2. The van der Waals surface area contributed by atoms with E-state index in [1.807, 2.05) is 0 Å². The number of nitrogens with zero attached hydrogens (tertiary/aromatic N) is 3. The van der Waals surface area contributed by atoms with Crippen molar-refractivity contribution >= 4 is 5.91 Å². The molecule has 1 amide bonds. The summed E-state index contributed by atoms with van der Waals surface area (Å²) in [6.45, 7) is 0.463. The van der Waals surface area contributed by atoms with Crippen LogP contribution in [0.3, 0.4) is 0 Å². The van der Waals surface area contributed by atoms with Gasteiger partial charge in [-0.15, -0.1) is 5.10 Å². The lowest BCUT2D eigenvalue weighted by Crippen LogP contribution is -2.36. The van der Waals surface area contributed by atoms with Gasteiger partial charge in [0, 0.05) is 19.9 Å². The first-order valence-corrected chi connectivity index (χ1v) is 4.50. The third-order valence-electron chi connectivity index (χ3n) is 1.67. The van der Waals surface area contributed by atoms with Gasteiger partial charge in [-0.2, -0.15) is 0 Å². The fraction of sp³-hybridized carbons (Fsp3) is 0.625. The number of carbonyl (C=O) groups excluding carboxylic acids is 1. The summed E-state index contributed by atoms with van der Waals surface area (Å²) in [6, 6.07) is 0. The van der Waals surface area contributed by atoms with Crippen LogP contribution in [0.4, 0.5) is 0 Å². The van der Waals surface area contributed by atoms with Gasteiger partial charge >= 0.3 is 0 Å². The predicted octanol–water partition coefficient (Wildman–Crippen LogP) is -1.60. The van der Waals surface area contributed by atoms with E-state index in [-0.39, 0.29) is 25.6 Å². The van der Waals surface area contributed by atoms with E-state index < -0.39 is 6.10 Å². The second kappa shape index (κ2) is 6.10. The molecule has 0 radical (unpaired) electrons. The standard InChI is InChI=1S/C8H14N4O3/c1-15-6-7(13)4-9-8(14)5-12-3-2-10-11-12/h2-3,7,13H,4-6H2,1H3,(H,9,14). The number of carbonyl (C=O) groups is 1. The number of amides is 1. The molecule has 1 unspecified atom stereocenters. The number of aromatic nitrogens is 3. The molecule has 0 aliphatic heterocycles. The summed E-state index contributed by atoms with van der Waals surface area (Å²) in [7, 11) is 1.49. The molecule has 0 bridgehead atoms. The van der Waals surface area contributed by atoms with E-state index in [4.69, 9.17) is 4.74 Å². The van der Waals surface area contributed by atoms with Gasteiger partial charge in [0.1, 0.15) is 6.54 Å². The average Bonchev–Trinajstić information content (AvgIpc) is 2.68. The number of aliphatic hydroxyl groups is 1. The molecular formula is C8H14N4O3. The highest BCUT2D eigenvalue weighted by Crippen LogP contribution is 1.84. The molecule has 1 aromatic heterocycles. The van der Waals surface area contributed by atoms with Gasteiger partial charge in [-0.3, -0.25) is 4.79 Å². The molecule has 15 heavy (non-hydrogen) atoms. The Bertz CT molecular complexity index is 288. The van der Waals surface area contributed by atoms with Crippen molar-refractivity contribution in [2.75, 3.05) is 20.3 Å². The zero-order chi connectivity index (χ0) is 11.1. The third kappa shape index (κ3) is 4.52. The molecule has 1 atom stereocenters. The smallest absolute Gasteiger partial charge is 0.241 e. The minimum Gasteiger partial charge on any atom is -0.389 e. The molecule has 0 aromatic carbocycles. The maximum absolute atomic E-state index is 11.3. The van der Waals surface area contributed by atoms with Crippen LogP contribution in [0.15, 0.2) is 12.4 Å². The third-order valence-corrected chi connectivity index (χ3v) is 1.67. The summed E-state index contributed by atoms with van der Waals surface area (Å²) in [4.78, 5) is 11.3. The highest BCUT2D eigenvalue weighted by Gasteiger charge is 2.07. The van der Waals surface area contributed by atoms with Crippen molar-refractivity contribution in [3.63, 3.8) is 0 Å². The second-order valence-electron chi connectivity index (χ2n) is 3.01. The Kier molecular flexibility index (Phi) is 4.72. The minimum atomic E-state index is -0.685. The van der Waals surface area contributed by atoms with E-state index in [2.05, 4.69) is 15.6 Å². The van der Waals surface area contributed by atoms with Gasteiger partial charge in [-0.05, 0) is 0 Å². The van der Waals surface area contributed by atoms with E-state index in [0.717, 1.165) is 0 Å². The fourth-order valence-electron chi connectivity index (χ4n) is 1.00. The van der Waals surface area contributed by atoms with Crippen LogP contribution in [0.25, 0.3) is 0 Å². The number of ether oxygens (including phenoxy) is 1. The van der Waals surface area contributed by atoms with Crippen LogP contribution >= 0.6 is 0 Å². The van der Waals surface area contributed by atoms with Crippen LogP contribution in [0.5, 0.6) is 0 Å². The lowest BCUT2D eigenvalue weighted by Gasteiger charge is -2.10. The zero-order valence-corrected chi connectivity index (χ0v) is 8.46. The maximum Gasteiger partial charge on any atom is 0.241 e. The molecule has 0 saturated carbocycles. The maximum atomic E-state index is 11.3. The topological polar surface area (TPSA) is 89.3 Å². The lowest BCUT2D eigenvalue weighted by molar-refractivity contribution is -0.122. The van der Waals surface area contributed by atoms with Crippen LogP contribution < -0.4 is 5.32 Å². The van der Waals surface area contributed by atoms with E-state index in [9.17, 15) is 9.90 Å². The van der Waals surface area contributed by atoms with Crippen molar-refractivity contribution in [1.29, 1.82) is 0 Å². The Labute approximate surface area is 87.0 Å². The van der Waals surface area contributed by atoms with E-state index in [1.165, 1.54) is 18.0 Å². The first kappa shape index (κ1) is 11.6. The molecule has 0 spiro atoms. The molecule has 0 fully saturated rings. The summed E-state index contributed by atoms with van der Waals surface area (Å²) in [5.74, 6) is -0.226. The number of nitrogens with one attached hydrogen (secondary N) is 1. The fourth-order valence-corrected chi connectivity index (χ4v) is 1.00. The van der Waals surface area contributed by atoms with Crippen molar-refractivity contribution in [1.82, 2.24) is 20.3 Å². The van der Waals surface area contributed by atoms with Gasteiger partial charge in [0.15, 0.2) is 0 Å². The predicted molar refractivity (Wildman–Crippen MR) is 50.9 cm³/mol. The van der Waals surface area contributed by atoms with Crippen molar-refractivity contribution in [3.05, 3.63) is 12.4 Å². The summed E-state index contributed by atoms with van der Waals surface area (Å²) in [5, 5.41) is 19.0. The van der Waals surface area contributed by atoms with E-state index in [1.54, 1.807) is 6.20 Å². The van der Waals surface area contributed by atoms with Gasteiger partial charge in [-0.1, -0.05) is 5.21 Å². The van der Waals surface area contributed by atoms with Crippen LogP contribution in [-0.4, -0.2) is 52.4 Å². The molecule has 1 rings (SSSR count). The minimum absolute atomic E-state index is 0.0969. The molecule has 0 saturated heterocycles. The van der Waals surface area contributed by atoms with Gasteiger partial charge < -0.3 is 15.2 Å². The molecule has 2 N–H and O–H groups in total. The van der Waals surface area contributed by atoms with Gasteiger partial charge in [0.2, 0.25) is 5.91 Å². The molecule has 1 heterocycles. The normalized spacial score (nSPS) is 12.4. The van der Waals surface area contributed by atoms with Crippen LogP contribution in [0.1, 0.15) is 0 Å². The Morgan fingerprint density at radius 3 is 3.13 bits per heavy atom. The summed E-state index contributed by atoms with van der Waals surface area (Å²) in [5.41, 5.74) is 0. The molecular weight excluding hydrogens is 200 g/mol. The van der Waals surface area contributed by atoms with E-state index >= 15 is 0 Å². The first-order chi connectivity index (χ1) is 7.22. The van der Waals surface area contributed by atoms with Gasteiger partial charge in [-0.25, -0.2) is 4.68 Å². The highest BCUT2D eigenvalue weighted by molar-refractivity contribution is 5.75. The lowest BCUT2D eigenvalue weighted by atomic mass is 10.4. The monoisotopic (exact) mass is 214 g/mol. The van der Waals surface area contributed by atoms with Crippen LogP contribution in [0.2, 0.25) is 0 Å². The summed E-state index contributed by atoms with van der Waals surface area (Å²) < 4.78 is 6.11. The number of aliphatic hydroxyl groups excluding tert-OH is 1. The molecule has 0 aliphatic carbocycles. The largest absolute Gasteiger partial charge is 0.389 e. The average molecular weight is 214 g/mol. The van der Waals surface area contributed by atoms with Crippen molar-refractivity contribution in [3.8, 4) is 0 Å². The van der Waals surface area contributed by atoms with Gasteiger partial charge in [0.05, 0.1) is 18.9 Å². The quantitative estimate of drug-likeness (QED) is 0.595. The number of methoxy groups -OCH3 is 1. The number of hydrogen-bond acceptors (Lipinski definition) is 5. The van der Waals surface area contributed by atoms with Crippen LogP contribution in [-0.2, 0) is 16.1 Å². The Morgan fingerprint density at radius 1 is 1.73 bits per heavy atom. The molecule has 7 nitrogen and oxygen atoms in total. The van der Waals surface area contributed by atoms with Gasteiger partial charge in [0.25, 0.3) is 0 Å². The molecule has 7 heteroatoms. The van der Waals surface area contributed by atoms with Crippen molar-refractivity contribution in [2.24, 2.45) is 0 Å². The summed E-state index contributed by atoms with van der Waals surface area (Å²) >= 11 is 0. The van der Waals surface area contributed by atoms with Crippen LogP contribution in [0, 0.1) is 0 Å². The number of rotatable bonds is 6.